The lowest BCUT2D eigenvalue weighted by atomic mass is 9.93. The van der Waals surface area contributed by atoms with E-state index in [0.29, 0.717) is 5.69 Å². The standard InChI is InChI=1S/C22H15NO/c23-22-20(24)12-7-14-6-9-18-17-8-5-13-3-1-2-4-15(13)16(17)10-11-19(18)21(14)22/h1-12,24H,23H2. The molecule has 2 nitrogen and oxygen atoms in total. The maximum Gasteiger partial charge on any atom is 0.139 e. The lowest BCUT2D eigenvalue weighted by Crippen LogP contribution is -1.90. The van der Waals surface area contributed by atoms with Gasteiger partial charge < -0.3 is 10.8 Å². The van der Waals surface area contributed by atoms with Crippen LogP contribution in [0.2, 0.25) is 0 Å². The van der Waals surface area contributed by atoms with E-state index in [1.54, 1.807) is 6.07 Å². The van der Waals surface area contributed by atoms with Gasteiger partial charge in [-0.2, -0.15) is 0 Å². The van der Waals surface area contributed by atoms with Crippen LogP contribution in [0.3, 0.4) is 0 Å². The van der Waals surface area contributed by atoms with Crippen molar-refractivity contribution >= 4 is 48.8 Å². The average Bonchev–Trinajstić information content (AvgIpc) is 2.63. The fourth-order valence-electron chi connectivity index (χ4n) is 3.75. The van der Waals surface area contributed by atoms with Crippen LogP contribution in [0.4, 0.5) is 5.69 Å². The normalized spacial score (nSPS) is 11.7. The average molecular weight is 309 g/mol. The van der Waals surface area contributed by atoms with Crippen LogP contribution in [-0.4, -0.2) is 5.11 Å². The van der Waals surface area contributed by atoms with E-state index in [1.165, 1.54) is 21.5 Å². The molecular formula is C22H15NO. The molecule has 5 aromatic carbocycles. The molecule has 0 aliphatic rings. The summed E-state index contributed by atoms with van der Waals surface area (Å²) in [5.41, 5.74) is 6.61. The van der Waals surface area contributed by atoms with E-state index in [2.05, 4.69) is 60.7 Å². The quantitative estimate of drug-likeness (QED) is 0.222. The number of hydrogen-bond acceptors (Lipinski definition) is 2. The minimum Gasteiger partial charge on any atom is -0.506 e. The van der Waals surface area contributed by atoms with Gasteiger partial charge in [-0.1, -0.05) is 66.7 Å². The molecule has 0 aliphatic carbocycles. The first-order valence-corrected chi connectivity index (χ1v) is 7.98. The predicted molar refractivity (Wildman–Crippen MR) is 103 cm³/mol. The number of rotatable bonds is 0. The summed E-state index contributed by atoms with van der Waals surface area (Å²) in [4.78, 5) is 0. The minimum absolute atomic E-state index is 0.133. The third-order valence-corrected chi connectivity index (χ3v) is 4.92. The van der Waals surface area contributed by atoms with Crippen molar-refractivity contribution in [2.45, 2.75) is 0 Å². The highest BCUT2D eigenvalue weighted by Gasteiger charge is 2.10. The number of phenolic OH excluding ortho intramolecular Hbond substituents is 1. The van der Waals surface area contributed by atoms with Gasteiger partial charge in [0.2, 0.25) is 0 Å². The molecule has 0 unspecified atom stereocenters. The Labute approximate surface area is 138 Å². The van der Waals surface area contributed by atoms with Gasteiger partial charge in [0.05, 0.1) is 5.69 Å². The molecule has 2 heteroatoms. The first-order chi connectivity index (χ1) is 11.7. The van der Waals surface area contributed by atoms with Crippen LogP contribution in [0.5, 0.6) is 5.75 Å². The zero-order valence-electron chi connectivity index (χ0n) is 13.0. The Hall–Kier alpha value is -3.26. The second kappa shape index (κ2) is 4.62. The second-order valence-corrected chi connectivity index (χ2v) is 6.20. The smallest absolute Gasteiger partial charge is 0.139 e. The lowest BCUT2D eigenvalue weighted by Gasteiger charge is -2.12. The molecule has 0 spiro atoms. The van der Waals surface area contributed by atoms with Crippen molar-refractivity contribution in [3.63, 3.8) is 0 Å². The summed E-state index contributed by atoms with van der Waals surface area (Å²) in [7, 11) is 0. The predicted octanol–water partition coefficient (Wildman–Crippen LogP) is 5.59. The topological polar surface area (TPSA) is 46.2 Å². The van der Waals surface area contributed by atoms with Crippen molar-refractivity contribution < 1.29 is 5.11 Å². The van der Waals surface area contributed by atoms with Crippen LogP contribution in [0.1, 0.15) is 0 Å². The molecule has 0 saturated carbocycles. The van der Waals surface area contributed by atoms with Gasteiger partial charge in [-0.05, 0) is 43.8 Å². The summed E-state index contributed by atoms with van der Waals surface area (Å²) < 4.78 is 0. The molecule has 0 bridgehead atoms. The van der Waals surface area contributed by atoms with Gasteiger partial charge in [0, 0.05) is 5.39 Å². The van der Waals surface area contributed by atoms with Gasteiger partial charge in [-0.25, -0.2) is 0 Å². The highest BCUT2D eigenvalue weighted by molar-refractivity contribution is 6.24. The molecule has 0 radical (unpaired) electrons. The highest BCUT2D eigenvalue weighted by Crippen LogP contribution is 2.38. The molecule has 3 N–H and O–H groups in total. The third kappa shape index (κ3) is 1.65. The Balaban J connectivity index is 2.04. The number of hydrogen-bond donors (Lipinski definition) is 2. The fourth-order valence-corrected chi connectivity index (χ4v) is 3.75. The van der Waals surface area contributed by atoms with E-state index in [4.69, 9.17) is 5.73 Å². The Morgan fingerprint density at radius 2 is 1.12 bits per heavy atom. The maximum atomic E-state index is 10.0. The lowest BCUT2D eigenvalue weighted by molar-refractivity contribution is 0.479. The molecule has 24 heavy (non-hydrogen) atoms. The molecule has 0 fully saturated rings. The van der Waals surface area contributed by atoms with Crippen LogP contribution < -0.4 is 5.73 Å². The number of aromatic hydroxyl groups is 1. The van der Waals surface area contributed by atoms with E-state index in [-0.39, 0.29) is 5.75 Å². The summed E-state index contributed by atoms with van der Waals surface area (Å²) >= 11 is 0. The van der Waals surface area contributed by atoms with E-state index < -0.39 is 0 Å². The van der Waals surface area contributed by atoms with Gasteiger partial charge >= 0.3 is 0 Å². The number of nitrogen functional groups attached to an aromatic ring is 1. The number of fused-ring (bicyclic) bond motifs is 7. The minimum atomic E-state index is 0.133. The molecule has 0 atom stereocenters. The van der Waals surface area contributed by atoms with E-state index in [1.807, 2.05) is 6.07 Å². The van der Waals surface area contributed by atoms with Crippen molar-refractivity contribution in [1.29, 1.82) is 0 Å². The van der Waals surface area contributed by atoms with Crippen molar-refractivity contribution in [2.75, 3.05) is 5.73 Å². The van der Waals surface area contributed by atoms with Gasteiger partial charge in [0.15, 0.2) is 0 Å². The summed E-state index contributed by atoms with van der Waals surface area (Å²) in [6.07, 6.45) is 0. The Kier molecular flexibility index (Phi) is 2.54. The molecule has 0 saturated heterocycles. The second-order valence-electron chi connectivity index (χ2n) is 6.20. The van der Waals surface area contributed by atoms with Crippen LogP contribution >= 0.6 is 0 Å². The van der Waals surface area contributed by atoms with Crippen molar-refractivity contribution in [1.82, 2.24) is 0 Å². The number of nitrogens with two attached hydrogens (primary N) is 1. The zero-order valence-corrected chi connectivity index (χ0v) is 13.0. The molecule has 5 aromatic rings. The molecule has 0 aliphatic heterocycles. The number of phenols is 1. The highest BCUT2D eigenvalue weighted by atomic mass is 16.3. The maximum absolute atomic E-state index is 10.0. The Morgan fingerprint density at radius 3 is 2.00 bits per heavy atom. The number of anilines is 1. The SMILES string of the molecule is Nc1c(O)ccc2ccc3c4ccc5ccccc5c4ccc3c12. The largest absolute Gasteiger partial charge is 0.506 e. The summed E-state index contributed by atoms with van der Waals surface area (Å²) in [5, 5.41) is 19.1. The molecule has 0 amide bonds. The summed E-state index contributed by atoms with van der Waals surface area (Å²) in [6, 6.07) is 24.8. The Bertz CT molecular complexity index is 1270. The van der Waals surface area contributed by atoms with Crippen LogP contribution in [0, 0.1) is 0 Å². The number of benzene rings is 5. The molecule has 0 heterocycles. The van der Waals surface area contributed by atoms with Gasteiger partial charge in [-0.3, -0.25) is 0 Å². The van der Waals surface area contributed by atoms with Crippen molar-refractivity contribution in [3.05, 3.63) is 72.8 Å². The molecular weight excluding hydrogens is 294 g/mol. The molecule has 0 aromatic heterocycles. The summed E-state index contributed by atoms with van der Waals surface area (Å²) in [5.74, 6) is 0.133. The van der Waals surface area contributed by atoms with Crippen molar-refractivity contribution in [3.8, 4) is 5.75 Å². The first kappa shape index (κ1) is 13.2. The molecule has 114 valence electrons. The molecule has 5 rings (SSSR count). The zero-order chi connectivity index (χ0) is 16.3. The fraction of sp³-hybridized carbons (Fsp3) is 0. The summed E-state index contributed by atoms with van der Waals surface area (Å²) in [6.45, 7) is 0. The van der Waals surface area contributed by atoms with Gasteiger partial charge in [-0.15, -0.1) is 0 Å². The monoisotopic (exact) mass is 309 g/mol. The Morgan fingerprint density at radius 1 is 0.542 bits per heavy atom. The van der Waals surface area contributed by atoms with Crippen molar-refractivity contribution in [2.24, 2.45) is 0 Å². The van der Waals surface area contributed by atoms with Crippen LogP contribution in [0.25, 0.3) is 43.1 Å². The van der Waals surface area contributed by atoms with E-state index >= 15 is 0 Å². The first-order valence-electron chi connectivity index (χ1n) is 7.98. The van der Waals surface area contributed by atoms with E-state index in [9.17, 15) is 5.11 Å². The van der Waals surface area contributed by atoms with Gasteiger partial charge in [0.25, 0.3) is 0 Å². The van der Waals surface area contributed by atoms with Crippen LogP contribution in [0.15, 0.2) is 72.8 Å². The van der Waals surface area contributed by atoms with E-state index in [0.717, 1.165) is 21.5 Å². The third-order valence-electron chi connectivity index (χ3n) is 4.92. The van der Waals surface area contributed by atoms with Gasteiger partial charge in [0.1, 0.15) is 5.75 Å². The van der Waals surface area contributed by atoms with Crippen LogP contribution in [-0.2, 0) is 0 Å².